The largest absolute Gasteiger partial charge is 0.360 e. The molecule has 0 spiro atoms. The van der Waals surface area contributed by atoms with Crippen LogP contribution in [0.5, 0.6) is 0 Å². The molecule has 0 bridgehead atoms. The van der Waals surface area contributed by atoms with Crippen LogP contribution in [0.4, 0.5) is 5.13 Å². The first-order valence-corrected chi connectivity index (χ1v) is 4.86. The van der Waals surface area contributed by atoms with Gasteiger partial charge >= 0.3 is 0 Å². The number of hydrogen-bond donors (Lipinski definition) is 2. The van der Waals surface area contributed by atoms with Gasteiger partial charge in [0.2, 0.25) is 5.13 Å². The number of aromatic amines is 1. The number of anilines is 1. The zero-order valence-corrected chi connectivity index (χ0v) is 7.60. The van der Waals surface area contributed by atoms with Gasteiger partial charge in [-0.15, -0.1) is 5.10 Å². The maximum Gasteiger partial charge on any atom is 0.204 e. The van der Waals surface area contributed by atoms with E-state index in [9.17, 15) is 0 Å². The molecule has 5 heteroatoms. The lowest BCUT2D eigenvalue weighted by Crippen LogP contribution is -2.02. The molecule has 1 aromatic rings. The van der Waals surface area contributed by atoms with Crippen LogP contribution in [0, 0.1) is 9.87 Å². The Morgan fingerprint density at radius 3 is 3.09 bits per heavy atom. The van der Waals surface area contributed by atoms with E-state index < -0.39 is 0 Å². The van der Waals surface area contributed by atoms with Gasteiger partial charge in [0.25, 0.3) is 0 Å². The van der Waals surface area contributed by atoms with Crippen LogP contribution in [0.1, 0.15) is 12.8 Å². The zero-order chi connectivity index (χ0) is 7.68. The van der Waals surface area contributed by atoms with E-state index in [1.165, 1.54) is 24.2 Å². The Balaban J connectivity index is 1.89. The van der Waals surface area contributed by atoms with Crippen LogP contribution in [0.15, 0.2) is 0 Å². The molecule has 1 aromatic heterocycles. The molecule has 0 unspecified atom stereocenters. The van der Waals surface area contributed by atoms with Crippen molar-refractivity contribution in [2.45, 2.75) is 12.8 Å². The molecule has 1 saturated carbocycles. The second-order valence-corrected chi connectivity index (χ2v) is 4.41. The Labute approximate surface area is 73.8 Å². The van der Waals surface area contributed by atoms with Crippen molar-refractivity contribution < 1.29 is 0 Å². The molecule has 1 aliphatic rings. The van der Waals surface area contributed by atoms with E-state index in [1.54, 1.807) is 0 Å². The molecule has 0 amide bonds. The van der Waals surface area contributed by atoms with Crippen molar-refractivity contribution in [1.82, 2.24) is 10.2 Å². The minimum absolute atomic E-state index is 0.739. The third-order valence-corrected chi connectivity index (χ3v) is 2.72. The Morgan fingerprint density at radius 1 is 1.73 bits per heavy atom. The summed E-state index contributed by atoms with van der Waals surface area (Å²) in [6.45, 7) is 1.05. The molecule has 2 rings (SSSR count). The summed E-state index contributed by atoms with van der Waals surface area (Å²) in [5.41, 5.74) is 0. The number of rotatable bonds is 3. The Morgan fingerprint density at radius 2 is 2.55 bits per heavy atom. The van der Waals surface area contributed by atoms with E-state index in [1.807, 2.05) is 0 Å². The molecule has 1 heterocycles. The molecular weight excluding hydrogens is 178 g/mol. The maximum absolute atomic E-state index is 4.89. The summed E-state index contributed by atoms with van der Waals surface area (Å²) in [7, 11) is 0. The van der Waals surface area contributed by atoms with Gasteiger partial charge in [0.15, 0.2) is 3.95 Å². The van der Waals surface area contributed by atoms with Crippen molar-refractivity contribution >= 4 is 28.7 Å². The molecule has 1 aliphatic carbocycles. The second kappa shape index (κ2) is 2.91. The third kappa shape index (κ3) is 2.00. The first-order chi connectivity index (χ1) is 5.34. The number of aromatic nitrogens is 2. The topological polar surface area (TPSA) is 40.7 Å². The SMILES string of the molecule is S=c1[nH]nc(NCC2CC2)s1. The fraction of sp³-hybridized carbons (Fsp3) is 0.667. The first-order valence-electron chi connectivity index (χ1n) is 3.64. The first kappa shape index (κ1) is 7.24. The van der Waals surface area contributed by atoms with E-state index in [4.69, 9.17) is 12.2 Å². The average molecular weight is 187 g/mol. The van der Waals surface area contributed by atoms with Gasteiger partial charge in [-0.25, -0.2) is 0 Å². The summed E-state index contributed by atoms with van der Waals surface area (Å²) in [6, 6.07) is 0. The summed E-state index contributed by atoms with van der Waals surface area (Å²) in [5.74, 6) is 0.882. The molecule has 3 nitrogen and oxygen atoms in total. The molecule has 60 valence electrons. The monoisotopic (exact) mass is 187 g/mol. The van der Waals surface area contributed by atoms with Crippen molar-refractivity contribution in [3.8, 4) is 0 Å². The summed E-state index contributed by atoms with van der Waals surface area (Å²) >= 11 is 6.38. The highest BCUT2D eigenvalue weighted by Crippen LogP contribution is 2.29. The third-order valence-electron chi connectivity index (χ3n) is 1.68. The highest BCUT2D eigenvalue weighted by Gasteiger charge is 2.20. The van der Waals surface area contributed by atoms with Gasteiger partial charge in [-0.05, 0) is 31.0 Å². The Kier molecular flexibility index (Phi) is 1.91. The molecule has 0 aromatic carbocycles. The predicted octanol–water partition coefficient (Wildman–Crippen LogP) is 2.02. The van der Waals surface area contributed by atoms with Crippen molar-refractivity contribution in [2.24, 2.45) is 5.92 Å². The maximum atomic E-state index is 4.89. The normalized spacial score (nSPS) is 16.7. The van der Waals surface area contributed by atoms with Crippen LogP contribution in [0.2, 0.25) is 0 Å². The second-order valence-electron chi connectivity index (χ2n) is 2.74. The number of hydrogen-bond acceptors (Lipinski definition) is 4. The minimum atomic E-state index is 0.739. The van der Waals surface area contributed by atoms with Crippen LogP contribution < -0.4 is 5.32 Å². The average Bonchev–Trinajstić information content (AvgIpc) is 2.72. The lowest BCUT2D eigenvalue weighted by molar-refractivity contribution is 0.882. The Bertz CT molecular complexity index is 286. The fourth-order valence-electron chi connectivity index (χ4n) is 0.859. The van der Waals surface area contributed by atoms with Gasteiger partial charge in [0, 0.05) is 6.54 Å². The summed E-state index contributed by atoms with van der Waals surface area (Å²) in [5, 5.41) is 10.9. The standard InChI is InChI=1S/C6H9N3S2/c10-6-9-8-5(11-6)7-3-4-1-2-4/h4H,1-3H2,(H,7,8)(H,9,10). The molecule has 2 N–H and O–H groups in total. The number of nitrogens with zero attached hydrogens (tertiary/aromatic N) is 1. The summed E-state index contributed by atoms with van der Waals surface area (Å²) < 4.78 is 0.739. The molecule has 0 atom stereocenters. The lowest BCUT2D eigenvalue weighted by atomic mass is 10.4. The summed E-state index contributed by atoms with van der Waals surface area (Å²) in [6.07, 6.45) is 2.73. The number of nitrogens with one attached hydrogen (secondary N) is 2. The molecule has 11 heavy (non-hydrogen) atoms. The van der Waals surface area contributed by atoms with Gasteiger partial charge in [-0.1, -0.05) is 11.3 Å². The van der Waals surface area contributed by atoms with Crippen molar-refractivity contribution in [3.63, 3.8) is 0 Å². The van der Waals surface area contributed by atoms with E-state index in [0.717, 1.165) is 21.5 Å². The smallest absolute Gasteiger partial charge is 0.204 e. The number of H-pyrrole nitrogens is 1. The molecule has 0 saturated heterocycles. The van der Waals surface area contributed by atoms with Gasteiger partial charge in [0.1, 0.15) is 0 Å². The zero-order valence-electron chi connectivity index (χ0n) is 5.96. The van der Waals surface area contributed by atoms with Crippen LogP contribution in [0.3, 0.4) is 0 Å². The molecule has 1 fully saturated rings. The van der Waals surface area contributed by atoms with Gasteiger partial charge in [-0.2, -0.15) is 0 Å². The fourth-order valence-corrected chi connectivity index (χ4v) is 1.66. The minimum Gasteiger partial charge on any atom is -0.360 e. The van der Waals surface area contributed by atoms with E-state index in [-0.39, 0.29) is 0 Å². The van der Waals surface area contributed by atoms with Crippen molar-refractivity contribution in [3.05, 3.63) is 3.95 Å². The van der Waals surface area contributed by atoms with Gasteiger partial charge in [0.05, 0.1) is 0 Å². The summed E-state index contributed by atoms with van der Waals surface area (Å²) in [4.78, 5) is 0. The van der Waals surface area contributed by atoms with E-state index >= 15 is 0 Å². The van der Waals surface area contributed by atoms with Crippen LogP contribution in [-0.4, -0.2) is 16.7 Å². The van der Waals surface area contributed by atoms with Crippen molar-refractivity contribution in [2.75, 3.05) is 11.9 Å². The highest BCUT2D eigenvalue weighted by molar-refractivity contribution is 7.73. The lowest BCUT2D eigenvalue weighted by Gasteiger charge is -1.96. The van der Waals surface area contributed by atoms with Gasteiger partial charge in [-0.3, -0.25) is 5.10 Å². The van der Waals surface area contributed by atoms with Crippen molar-refractivity contribution in [1.29, 1.82) is 0 Å². The van der Waals surface area contributed by atoms with Crippen LogP contribution in [0.25, 0.3) is 0 Å². The van der Waals surface area contributed by atoms with E-state index in [2.05, 4.69) is 15.5 Å². The van der Waals surface area contributed by atoms with Crippen LogP contribution in [-0.2, 0) is 0 Å². The van der Waals surface area contributed by atoms with Crippen LogP contribution >= 0.6 is 23.6 Å². The predicted molar refractivity (Wildman–Crippen MR) is 48.5 cm³/mol. The Hall–Kier alpha value is -0.420. The molecule has 0 aliphatic heterocycles. The molecule has 0 radical (unpaired) electrons. The highest BCUT2D eigenvalue weighted by atomic mass is 32.1. The quantitative estimate of drug-likeness (QED) is 0.711. The molecular formula is C6H9N3S2. The van der Waals surface area contributed by atoms with Gasteiger partial charge < -0.3 is 5.32 Å². The van der Waals surface area contributed by atoms with E-state index in [0.29, 0.717) is 0 Å².